The fourth-order valence-corrected chi connectivity index (χ4v) is 1.94. The summed E-state index contributed by atoms with van der Waals surface area (Å²) in [7, 11) is 1.83. The van der Waals surface area contributed by atoms with Crippen LogP contribution in [0.2, 0.25) is 5.28 Å². The second kappa shape index (κ2) is 6.21. The normalized spacial score (nSPS) is 12.4. The molecule has 0 saturated heterocycles. The Balaban J connectivity index is 3.28. The summed E-state index contributed by atoms with van der Waals surface area (Å²) >= 11 is 5.75. The highest BCUT2D eigenvalue weighted by molar-refractivity contribution is 6.28. The number of allylic oxidation sites excluding steroid dienone is 1. The number of hydrogen-bond acceptors (Lipinski definition) is 4. The minimum absolute atomic E-state index is 0.120. The van der Waals surface area contributed by atoms with E-state index < -0.39 is 0 Å². The predicted molar refractivity (Wildman–Crippen MR) is 67.7 cm³/mol. The quantitative estimate of drug-likeness (QED) is 0.835. The number of aromatic nitrogens is 2. The molecule has 0 saturated carbocycles. The van der Waals surface area contributed by atoms with Gasteiger partial charge in [0, 0.05) is 24.2 Å². The molecule has 90 valence electrons. The van der Waals surface area contributed by atoms with Crippen molar-refractivity contribution in [2.24, 2.45) is 0 Å². The van der Waals surface area contributed by atoms with Gasteiger partial charge in [-0.05, 0) is 31.1 Å². The van der Waals surface area contributed by atoms with Gasteiger partial charge in [-0.1, -0.05) is 13.0 Å². The van der Waals surface area contributed by atoms with Crippen molar-refractivity contribution < 1.29 is 0 Å². The van der Waals surface area contributed by atoms with Gasteiger partial charge in [0.15, 0.2) is 0 Å². The van der Waals surface area contributed by atoms with Crippen LogP contribution >= 0.6 is 11.6 Å². The zero-order valence-electron chi connectivity index (χ0n) is 10.2. The summed E-state index contributed by atoms with van der Waals surface area (Å²) in [6.07, 6.45) is 4.72. The maximum atomic E-state index is 9.10. The van der Waals surface area contributed by atoms with Gasteiger partial charge in [-0.25, -0.2) is 9.97 Å². The standard InChI is InChI=1S/C12H15ClN4/c1-4-9(5-6-15-3)11-8(2)16-12(13)17-10(11)7-14/h5-6,9,15H,4H2,1-3H3/b6-5-. The van der Waals surface area contributed by atoms with Gasteiger partial charge in [0.05, 0.1) is 0 Å². The number of rotatable bonds is 4. The average molecular weight is 251 g/mol. The summed E-state index contributed by atoms with van der Waals surface area (Å²) < 4.78 is 0. The third kappa shape index (κ3) is 3.18. The summed E-state index contributed by atoms with van der Waals surface area (Å²) in [5, 5.41) is 12.2. The maximum Gasteiger partial charge on any atom is 0.223 e. The Hall–Kier alpha value is -1.60. The number of halogens is 1. The first kappa shape index (κ1) is 13.5. The van der Waals surface area contributed by atoms with E-state index in [2.05, 4.69) is 28.3 Å². The van der Waals surface area contributed by atoms with Gasteiger partial charge >= 0.3 is 0 Å². The van der Waals surface area contributed by atoms with E-state index in [-0.39, 0.29) is 11.2 Å². The van der Waals surface area contributed by atoms with Crippen molar-refractivity contribution in [3.8, 4) is 6.07 Å². The lowest BCUT2D eigenvalue weighted by Crippen LogP contribution is -2.07. The highest BCUT2D eigenvalue weighted by Gasteiger charge is 2.17. The van der Waals surface area contributed by atoms with Gasteiger partial charge in [0.25, 0.3) is 0 Å². The molecule has 0 aromatic carbocycles. The van der Waals surface area contributed by atoms with Crippen molar-refractivity contribution in [1.82, 2.24) is 15.3 Å². The Bertz CT molecular complexity index is 462. The molecule has 1 atom stereocenters. The van der Waals surface area contributed by atoms with Crippen LogP contribution in [-0.4, -0.2) is 17.0 Å². The minimum atomic E-state index is 0.120. The van der Waals surface area contributed by atoms with Crippen molar-refractivity contribution in [1.29, 1.82) is 5.26 Å². The monoisotopic (exact) mass is 250 g/mol. The fraction of sp³-hybridized carbons (Fsp3) is 0.417. The molecule has 0 spiro atoms. The number of hydrogen-bond donors (Lipinski definition) is 1. The molecule has 1 heterocycles. The molecule has 5 heteroatoms. The van der Waals surface area contributed by atoms with Crippen LogP contribution in [0.1, 0.15) is 36.2 Å². The summed E-state index contributed by atoms with van der Waals surface area (Å²) in [6.45, 7) is 3.90. The zero-order chi connectivity index (χ0) is 12.8. The maximum absolute atomic E-state index is 9.10. The highest BCUT2D eigenvalue weighted by atomic mass is 35.5. The highest BCUT2D eigenvalue weighted by Crippen LogP contribution is 2.26. The lowest BCUT2D eigenvalue weighted by Gasteiger charge is -2.14. The first-order valence-electron chi connectivity index (χ1n) is 5.42. The number of nitriles is 1. The first-order valence-corrected chi connectivity index (χ1v) is 5.79. The number of nitrogens with one attached hydrogen (secondary N) is 1. The van der Waals surface area contributed by atoms with Crippen molar-refractivity contribution in [2.45, 2.75) is 26.2 Å². The van der Waals surface area contributed by atoms with Crippen LogP contribution in [0.3, 0.4) is 0 Å². The summed E-state index contributed by atoms with van der Waals surface area (Å²) in [4.78, 5) is 8.08. The van der Waals surface area contributed by atoms with E-state index in [4.69, 9.17) is 16.9 Å². The molecule has 1 unspecified atom stereocenters. The van der Waals surface area contributed by atoms with E-state index in [1.807, 2.05) is 26.2 Å². The summed E-state index contributed by atoms with van der Waals surface area (Å²) in [6, 6.07) is 2.08. The van der Waals surface area contributed by atoms with Gasteiger partial charge in [0.1, 0.15) is 11.8 Å². The lowest BCUT2D eigenvalue weighted by molar-refractivity contribution is 0.771. The SMILES string of the molecule is CCC(/C=C\NC)c1c(C)nc(Cl)nc1C#N. The minimum Gasteiger partial charge on any atom is -0.394 e. The molecule has 17 heavy (non-hydrogen) atoms. The van der Waals surface area contributed by atoms with E-state index in [0.717, 1.165) is 17.7 Å². The molecule has 0 aliphatic heterocycles. The smallest absolute Gasteiger partial charge is 0.223 e. The predicted octanol–water partition coefficient (Wildman–Crippen LogP) is 2.54. The van der Waals surface area contributed by atoms with E-state index in [1.165, 1.54) is 0 Å². The molecule has 1 N–H and O–H groups in total. The van der Waals surface area contributed by atoms with E-state index in [1.54, 1.807) is 0 Å². The van der Waals surface area contributed by atoms with Gasteiger partial charge in [-0.3, -0.25) is 0 Å². The Morgan fingerprint density at radius 3 is 2.76 bits per heavy atom. The van der Waals surface area contributed by atoms with Crippen molar-refractivity contribution >= 4 is 11.6 Å². The molecule has 0 radical (unpaired) electrons. The summed E-state index contributed by atoms with van der Waals surface area (Å²) in [5.41, 5.74) is 1.97. The third-order valence-electron chi connectivity index (χ3n) is 2.52. The molecule has 1 rings (SSSR count). The van der Waals surface area contributed by atoms with E-state index in [9.17, 15) is 0 Å². The molecular weight excluding hydrogens is 236 g/mol. The number of aryl methyl sites for hydroxylation is 1. The molecule has 0 amide bonds. The number of nitrogens with zero attached hydrogens (tertiary/aromatic N) is 3. The Labute approximate surface area is 106 Å². The van der Waals surface area contributed by atoms with Crippen molar-refractivity contribution in [3.63, 3.8) is 0 Å². The van der Waals surface area contributed by atoms with Crippen LogP contribution in [0.25, 0.3) is 0 Å². The van der Waals surface area contributed by atoms with Crippen LogP contribution < -0.4 is 5.32 Å². The Morgan fingerprint density at radius 2 is 2.24 bits per heavy atom. The molecule has 1 aromatic heterocycles. The average Bonchev–Trinajstić information content (AvgIpc) is 2.31. The largest absolute Gasteiger partial charge is 0.394 e. The Morgan fingerprint density at radius 1 is 1.53 bits per heavy atom. The van der Waals surface area contributed by atoms with Crippen molar-refractivity contribution in [2.75, 3.05) is 7.05 Å². The van der Waals surface area contributed by atoms with E-state index >= 15 is 0 Å². The second-order valence-electron chi connectivity index (χ2n) is 3.61. The summed E-state index contributed by atoms with van der Waals surface area (Å²) in [5.74, 6) is 0.120. The molecule has 0 bridgehead atoms. The van der Waals surface area contributed by atoms with Crippen LogP contribution in [0.5, 0.6) is 0 Å². The van der Waals surface area contributed by atoms with Gasteiger partial charge in [-0.2, -0.15) is 5.26 Å². The first-order chi connectivity index (χ1) is 8.13. The van der Waals surface area contributed by atoms with E-state index in [0.29, 0.717) is 5.69 Å². The Kier molecular flexibility index (Phi) is 4.92. The van der Waals surface area contributed by atoms with Gasteiger partial charge < -0.3 is 5.32 Å². The molecule has 0 aliphatic carbocycles. The fourth-order valence-electron chi connectivity index (χ4n) is 1.73. The molecule has 0 fully saturated rings. The lowest BCUT2D eigenvalue weighted by atomic mass is 9.94. The van der Waals surface area contributed by atoms with Crippen LogP contribution in [0.4, 0.5) is 0 Å². The third-order valence-corrected chi connectivity index (χ3v) is 2.69. The van der Waals surface area contributed by atoms with Crippen LogP contribution in [0.15, 0.2) is 12.3 Å². The van der Waals surface area contributed by atoms with Gasteiger partial charge in [-0.15, -0.1) is 0 Å². The molecule has 1 aromatic rings. The molecule has 0 aliphatic rings. The topological polar surface area (TPSA) is 61.6 Å². The van der Waals surface area contributed by atoms with Gasteiger partial charge in [0.2, 0.25) is 5.28 Å². The molecule has 4 nitrogen and oxygen atoms in total. The van der Waals surface area contributed by atoms with Crippen molar-refractivity contribution in [3.05, 3.63) is 34.5 Å². The van der Waals surface area contributed by atoms with Crippen LogP contribution in [0, 0.1) is 18.3 Å². The zero-order valence-corrected chi connectivity index (χ0v) is 10.9. The second-order valence-corrected chi connectivity index (χ2v) is 3.95. The van der Waals surface area contributed by atoms with Crippen LogP contribution in [-0.2, 0) is 0 Å². The molecular formula is C12H15ClN4.